The van der Waals surface area contributed by atoms with E-state index in [9.17, 15) is 13.2 Å². The van der Waals surface area contributed by atoms with Crippen molar-refractivity contribution in [2.45, 2.75) is 33.0 Å². The summed E-state index contributed by atoms with van der Waals surface area (Å²) in [7, 11) is 0. The van der Waals surface area contributed by atoms with E-state index >= 15 is 0 Å². The van der Waals surface area contributed by atoms with Crippen molar-refractivity contribution in [1.29, 1.82) is 0 Å². The van der Waals surface area contributed by atoms with Crippen LogP contribution in [0.15, 0.2) is 48.8 Å². The van der Waals surface area contributed by atoms with Crippen LogP contribution in [0.4, 0.5) is 18.9 Å². The summed E-state index contributed by atoms with van der Waals surface area (Å²) in [6.07, 6.45) is -0.897. The van der Waals surface area contributed by atoms with Gasteiger partial charge in [0.05, 0.1) is 12.1 Å². The number of alkyl halides is 3. The summed E-state index contributed by atoms with van der Waals surface area (Å²) in [5.74, 6) is 0. The van der Waals surface area contributed by atoms with Gasteiger partial charge >= 0.3 is 6.18 Å². The molecule has 116 valence electrons. The Morgan fingerprint density at radius 2 is 2.05 bits per heavy atom. The van der Waals surface area contributed by atoms with E-state index in [4.69, 9.17) is 0 Å². The lowest BCUT2D eigenvalue weighted by Gasteiger charge is -2.30. The summed E-state index contributed by atoms with van der Waals surface area (Å²) in [4.78, 5) is 1.90. The number of rotatable bonds is 6. The molecule has 0 aliphatic rings. The SMILES string of the molecule is C=CN/C(=C\C)CN(c1cccc(C(F)(F)F)c1)C(C)C. The van der Waals surface area contributed by atoms with E-state index in [1.807, 2.05) is 31.7 Å². The summed E-state index contributed by atoms with van der Waals surface area (Å²) in [5.41, 5.74) is 0.797. The van der Waals surface area contributed by atoms with Crippen LogP contribution in [0.1, 0.15) is 26.3 Å². The van der Waals surface area contributed by atoms with Crippen LogP contribution in [0.5, 0.6) is 0 Å². The fourth-order valence-corrected chi connectivity index (χ4v) is 1.97. The molecule has 0 aliphatic carbocycles. The molecule has 0 amide bonds. The topological polar surface area (TPSA) is 15.3 Å². The molecule has 0 bridgehead atoms. The summed E-state index contributed by atoms with van der Waals surface area (Å²) >= 11 is 0. The van der Waals surface area contributed by atoms with Gasteiger partial charge in [0, 0.05) is 17.4 Å². The molecule has 21 heavy (non-hydrogen) atoms. The number of allylic oxidation sites excluding steroid dienone is 1. The molecule has 0 radical (unpaired) electrons. The first-order valence-electron chi connectivity index (χ1n) is 6.76. The molecule has 0 atom stereocenters. The van der Waals surface area contributed by atoms with Crippen molar-refractivity contribution in [3.8, 4) is 0 Å². The van der Waals surface area contributed by atoms with Gasteiger partial charge in [-0.15, -0.1) is 0 Å². The molecule has 5 heteroatoms. The highest BCUT2D eigenvalue weighted by Crippen LogP contribution is 2.32. The minimum atomic E-state index is -4.33. The average Bonchev–Trinajstić information content (AvgIpc) is 2.42. The zero-order chi connectivity index (χ0) is 16.0. The molecule has 0 heterocycles. The van der Waals surface area contributed by atoms with Crippen LogP contribution < -0.4 is 10.2 Å². The molecule has 0 fully saturated rings. The predicted octanol–water partition coefficient (Wildman–Crippen LogP) is 4.56. The normalized spacial score (nSPS) is 12.4. The third-order valence-electron chi connectivity index (χ3n) is 3.11. The van der Waals surface area contributed by atoms with Gasteiger partial charge in [-0.05, 0) is 45.2 Å². The molecule has 1 aromatic carbocycles. The molecular formula is C16H21F3N2. The van der Waals surface area contributed by atoms with Crippen LogP contribution in [-0.4, -0.2) is 12.6 Å². The first-order chi connectivity index (χ1) is 9.79. The zero-order valence-corrected chi connectivity index (χ0v) is 12.5. The number of hydrogen-bond acceptors (Lipinski definition) is 2. The third-order valence-corrected chi connectivity index (χ3v) is 3.11. The molecule has 0 saturated carbocycles. The highest BCUT2D eigenvalue weighted by atomic mass is 19.4. The third kappa shape index (κ3) is 4.85. The Balaban J connectivity index is 3.09. The molecule has 1 N–H and O–H groups in total. The smallest absolute Gasteiger partial charge is 0.364 e. The monoisotopic (exact) mass is 298 g/mol. The first-order valence-corrected chi connectivity index (χ1v) is 6.76. The Kier molecular flexibility index (Phi) is 5.88. The van der Waals surface area contributed by atoms with Crippen LogP contribution >= 0.6 is 0 Å². The van der Waals surface area contributed by atoms with Gasteiger partial charge in [-0.2, -0.15) is 13.2 Å². The number of nitrogens with zero attached hydrogens (tertiary/aromatic N) is 1. The van der Waals surface area contributed by atoms with Gasteiger partial charge in [0.25, 0.3) is 0 Å². The van der Waals surface area contributed by atoms with Crippen molar-refractivity contribution >= 4 is 5.69 Å². The molecular weight excluding hydrogens is 277 g/mol. The molecule has 1 rings (SSSR count). The highest BCUT2D eigenvalue weighted by molar-refractivity contribution is 5.51. The van der Waals surface area contributed by atoms with Gasteiger partial charge in [-0.25, -0.2) is 0 Å². The number of nitrogens with one attached hydrogen (secondary N) is 1. The highest BCUT2D eigenvalue weighted by Gasteiger charge is 2.31. The second-order valence-corrected chi connectivity index (χ2v) is 4.93. The maximum absolute atomic E-state index is 12.8. The van der Waals surface area contributed by atoms with Crippen molar-refractivity contribution in [3.63, 3.8) is 0 Å². The minimum Gasteiger partial charge on any atom is -0.364 e. The van der Waals surface area contributed by atoms with Crippen LogP contribution in [0.25, 0.3) is 0 Å². The van der Waals surface area contributed by atoms with Crippen molar-refractivity contribution in [1.82, 2.24) is 5.32 Å². The first kappa shape index (κ1) is 17.1. The van der Waals surface area contributed by atoms with E-state index in [1.165, 1.54) is 12.1 Å². The fraction of sp³-hybridized carbons (Fsp3) is 0.375. The summed E-state index contributed by atoms with van der Waals surface area (Å²) in [5, 5.41) is 2.99. The van der Waals surface area contributed by atoms with E-state index in [0.29, 0.717) is 12.2 Å². The Labute approximate surface area is 124 Å². The van der Waals surface area contributed by atoms with E-state index in [0.717, 1.165) is 11.8 Å². The molecule has 0 saturated heterocycles. The van der Waals surface area contributed by atoms with Crippen molar-refractivity contribution in [2.24, 2.45) is 0 Å². The van der Waals surface area contributed by atoms with Crippen molar-refractivity contribution < 1.29 is 13.2 Å². The van der Waals surface area contributed by atoms with Gasteiger partial charge < -0.3 is 10.2 Å². The van der Waals surface area contributed by atoms with E-state index in [1.54, 1.807) is 12.3 Å². The summed E-state index contributed by atoms with van der Waals surface area (Å²) < 4.78 is 38.5. The summed E-state index contributed by atoms with van der Waals surface area (Å²) in [6.45, 7) is 9.85. The Bertz CT molecular complexity index is 504. The zero-order valence-electron chi connectivity index (χ0n) is 12.5. The molecule has 1 aromatic rings. The van der Waals surface area contributed by atoms with E-state index in [-0.39, 0.29) is 6.04 Å². The number of hydrogen-bond donors (Lipinski definition) is 1. The van der Waals surface area contributed by atoms with Crippen LogP contribution in [-0.2, 0) is 6.18 Å². The second-order valence-electron chi connectivity index (χ2n) is 4.93. The maximum Gasteiger partial charge on any atom is 0.416 e. The molecule has 0 unspecified atom stereocenters. The van der Waals surface area contributed by atoms with Crippen LogP contribution in [0.3, 0.4) is 0 Å². The quantitative estimate of drug-likeness (QED) is 0.828. The lowest BCUT2D eigenvalue weighted by atomic mass is 10.1. The van der Waals surface area contributed by atoms with Crippen LogP contribution in [0.2, 0.25) is 0 Å². The standard InChI is InChI=1S/C16H21F3N2/c1-5-14(20-6-2)11-21(12(3)4)15-9-7-8-13(10-15)16(17,18)19/h5-10,12,20H,2,11H2,1,3-4H3/b14-5-. The lowest BCUT2D eigenvalue weighted by molar-refractivity contribution is -0.137. The average molecular weight is 298 g/mol. The van der Waals surface area contributed by atoms with Gasteiger partial charge in [0.1, 0.15) is 0 Å². The van der Waals surface area contributed by atoms with Crippen molar-refractivity contribution in [2.75, 3.05) is 11.4 Å². The predicted molar refractivity (Wildman–Crippen MR) is 81.0 cm³/mol. The number of halogens is 3. The molecule has 0 aromatic heterocycles. The largest absolute Gasteiger partial charge is 0.416 e. The molecule has 0 spiro atoms. The maximum atomic E-state index is 12.8. The van der Waals surface area contributed by atoms with E-state index in [2.05, 4.69) is 11.9 Å². The van der Waals surface area contributed by atoms with Crippen molar-refractivity contribution in [3.05, 3.63) is 54.4 Å². The van der Waals surface area contributed by atoms with Gasteiger partial charge in [0.15, 0.2) is 0 Å². The second kappa shape index (κ2) is 7.20. The van der Waals surface area contributed by atoms with Gasteiger partial charge in [-0.1, -0.05) is 18.7 Å². The van der Waals surface area contributed by atoms with Gasteiger partial charge in [-0.3, -0.25) is 0 Å². The lowest BCUT2D eigenvalue weighted by Crippen LogP contribution is -2.35. The number of benzene rings is 1. The van der Waals surface area contributed by atoms with Gasteiger partial charge in [0.2, 0.25) is 0 Å². The minimum absolute atomic E-state index is 0.0649. The fourth-order valence-electron chi connectivity index (χ4n) is 1.97. The molecule has 2 nitrogen and oxygen atoms in total. The Hall–Kier alpha value is -1.91. The molecule has 0 aliphatic heterocycles. The summed E-state index contributed by atoms with van der Waals surface area (Å²) in [6, 6.07) is 5.46. The van der Waals surface area contributed by atoms with Crippen LogP contribution in [0, 0.1) is 0 Å². The number of anilines is 1. The van der Waals surface area contributed by atoms with E-state index < -0.39 is 11.7 Å². The Morgan fingerprint density at radius 3 is 2.52 bits per heavy atom. The Morgan fingerprint density at radius 1 is 1.38 bits per heavy atom.